The van der Waals surface area contributed by atoms with Gasteiger partial charge < -0.3 is 5.73 Å². The summed E-state index contributed by atoms with van der Waals surface area (Å²) in [5.41, 5.74) is 6.05. The minimum absolute atomic E-state index is 0.636. The van der Waals surface area contributed by atoms with Crippen LogP contribution in [-0.4, -0.2) is 54.6 Å². The van der Waals surface area contributed by atoms with E-state index in [1.54, 1.807) is 0 Å². The van der Waals surface area contributed by atoms with E-state index >= 15 is 0 Å². The summed E-state index contributed by atoms with van der Waals surface area (Å²) >= 11 is 0. The Labute approximate surface area is 119 Å². The summed E-state index contributed by atoms with van der Waals surface area (Å²) < 4.78 is 0. The molecule has 0 saturated carbocycles. The van der Waals surface area contributed by atoms with E-state index in [1.807, 2.05) is 0 Å². The van der Waals surface area contributed by atoms with Gasteiger partial charge >= 0.3 is 0 Å². The van der Waals surface area contributed by atoms with Crippen LogP contribution in [0.25, 0.3) is 0 Å². The van der Waals surface area contributed by atoms with Crippen LogP contribution in [0.2, 0.25) is 0 Å². The molecule has 3 nitrogen and oxygen atoms in total. The molecule has 0 aromatic carbocycles. The minimum Gasteiger partial charge on any atom is -0.329 e. The Bertz CT molecular complexity index is 244. The van der Waals surface area contributed by atoms with Gasteiger partial charge in [-0.15, -0.1) is 0 Å². The van der Waals surface area contributed by atoms with Crippen LogP contribution in [-0.2, 0) is 0 Å². The highest BCUT2D eigenvalue weighted by Crippen LogP contribution is 2.23. The molecule has 2 fully saturated rings. The van der Waals surface area contributed by atoms with Crippen molar-refractivity contribution in [1.82, 2.24) is 9.80 Å². The highest BCUT2D eigenvalue weighted by atomic mass is 15.3. The molecule has 2 aliphatic heterocycles. The zero-order valence-electron chi connectivity index (χ0n) is 12.8. The molecular formula is C16H33N3. The number of hydrogen-bond donors (Lipinski definition) is 1. The molecular weight excluding hydrogens is 234 g/mol. The Hall–Kier alpha value is -0.120. The lowest BCUT2D eigenvalue weighted by molar-refractivity contribution is 0.166. The molecule has 0 amide bonds. The van der Waals surface area contributed by atoms with E-state index in [9.17, 15) is 0 Å². The van der Waals surface area contributed by atoms with Gasteiger partial charge in [-0.25, -0.2) is 0 Å². The number of rotatable bonds is 7. The topological polar surface area (TPSA) is 32.5 Å². The van der Waals surface area contributed by atoms with Crippen molar-refractivity contribution in [2.45, 2.75) is 70.4 Å². The molecule has 19 heavy (non-hydrogen) atoms. The van der Waals surface area contributed by atoms with Gasteiger partial charge in [0.1, 0.15) is 0 Å². The fourth-order valence-corrected chi connectivity index (χ4v) is 3.82. The van der Waals surface area contributed by atoms with Gasteiger partial charge in [0.2, 0.25) is 0 Å². The third-order valence-corrected chi connectivity index (χ3v) is 5.01. The molecule has 0 aromatic rings. The normalized spacial score (nSPS) is 27.2. The van der Waals surface area contributed by atoms with Crippen molar-refractivity contribution >= 4 is 0 Å². The first-order chi connectivity index (χ1) is 9.35. The van der Waals surface area contributed by atoms with Crippen LogP contribution in [0.1, 0.15) is 58.3 Å². The van der Waals surface area contributed by atoms with Crippen LogP contribution < -0.4 is 5.73 Å². The maximum Gasteiger partial charge on any atom is 0.0223 e. The fraction of sp³-hybridized carbons (Fsp3) is 1.00. The van der Waals surface area contributed by atoms with E-state index in [2.05, 4.69) is 16.7 Å². The lowest BCUT2D eigenvalue weighted by Gasteiger charge is -2.32. The first-order valence-electron chi connectivity index (χ1n) is 8.53. The lowest BCUT2D eigenvalue weighted by atomic mass is 10.0. The van der Waals surface area contributed by atoms with E-state index in [-0.39, 0.29) is 0 Å². The first-order valence-corrected chi connectivity index (χ1v) is 8.53. The Morgan fingerprint density at radius 3 is 2.74 bits per heavy atom. The summed E-state index contributed by atoms with van der Waals surface area (Å²) in [6.45, 7) is 8.32. The predicted molar refractivity (Wildman–Crippen MR) is 82.4 cm³/mol. The number of nitrogens with two attached hydrogens (primary N) is 1. The molecule has 0 aromatic heterocycles. The summed E-state index contributed by atoms with van der Waals surface area (Å²) in [7, 11) is 0. The summed E-state index contributed by atoms with van der Waals surface area (Å²) in [5.74, 6) is 0. The van der Waals surface area contributed by atoms with Crippen LogP contribution in [0, 0.1) is 0 Å². The van der Waals surface area contributed by atoms with Crippen molar-refractivity contribution in [3.8, 4) is 0 Å². The van der Waals surface area contributed by atoms with E-state index in [0.717, 1.165) is 12.6 Å². The molecule has 3 heteroatoms. The molecule has 2 unspecified atom stereocenters. The number of unbranched alkanes of at least 4 members (excludes halogenated alkanes) is 3. The number of hydrogen-bond acceptors (Lipinski definition) is 3. The first kappa shape index (κ1) is 15.3. The average Bonchev–Trinajstić information content (AvgIpc) is 2.77. The summed E-state index contributed by atoms with van der Waals surface area (Å²) in [5, 5.41) is 0. The fourth-order valence-electron chi connectivity index (χ4n) is 3.82. The highest BCUT2D eigenvalue weighted by Gasteiger charge is 2.30. The zero-order valence-corrected chi connectivity index (χ0v) is 12.8. The molecule has 0 bridgehead atoms. The maximum atomic E-state index is 6.05. The van der Waals surface area contributed by atoms with Gasteiger partial charge in [-0.05, 0) is 45.3 Å². The second-order valence-electron chi connectivity index (χ2n) is 6.42. The van der Waals surface area contributed by atoms with Crippen molar-refractivity contribution in [3.05, 3.63) is 0 Å². The highest BCUT2D eigenvalue weighted by molar-refractivity contribution is 4.87. The van der Waals surface area contributed by atoms with Crippen molar-refractivity contribution in [3.63, 3.8) is 0 Å². The summed E-state index contributed by atoms with van der Waals surface area (Å²) in [4.78, 5) is 5.42. The second-order valence-corrected chi connectivity index (χ2v) is 6.42. The largest absolute Gasteiger partial charge is 0.329 e. The molecule has 0 spiro atoms. The van der Waals surface area contributed by atoms with E-state index in [0.29, 0.717) is 6.04 Å². The van der Waals surface area contributed by atoms with Crippen LogP contribution in [0.4, 0.5) is 0 Å². The Kier molecular flexibility index (Phi) is 6.62. The van der Waals surface area contributed by atoms with Gasteiger partial charge in [0, 0.05) is 25.2 Å². The zero-order chi connectivity index (χ0) is 13.5. The predicted octanol–water partition coefficient (Wildman–Crippen LogP) is 2.45. The molecule has 0 aliphatic carbocycles. The van der Waals surface area contributed by atoms with E-state index < -0.39 is 0 Å². The van der Waals surface area contributed by atoms with Gasteiger partial charge in [-0.1, -0.05) is 32.6 Å². The third-order valence-electron chi connectivity index (χ3n) is 5.01. The van der Waals surface area contributed by atoms with Crippen LogP contribution in [0.5, 0.6) is 0 Å². The smallest absolute Gasteiger partial charge is 0.0223 e. The van der Waals surface area contributed by atoms with Crippen LogP contribution in [0.3, 0.4) is 0 Å². The Balaban J connectivity index is 1.79. The standard InChI is InChI=1S/C16H33N3/c1-2-3-4-5-8-15(13-17)19-12-7-11-18-10-6-9-16(18)14-19/h15-16H,2-14,17H2,1H3. The van der Waals surface area contributed by atoms with Crippen molar-refractivity contribution in [2.75, 3.05) is 32.7 Å². The molecule has 0 radical (unpaired) electrons. The second kappa shape index (κ2) is 8.23. The van der Waals surface area contributed by atoms with Gasteiger partial charge in [0.25, 0.3) is 0 Å². The van der Waals surface area contributed by atoms with Crippen LogP contribution in [0.15, 0.2) is 0 Å². The average molecular weight is 267 g/mol. The summed E-state index contributed by atoms with van der Waals surface area (Å²) in [6.07, 6.45) is 10.9. The van der Waals surface area contributed by atoms with Gasteiger partial charge in [0.15, 0.2) is 0 Å². The van der Waals surface area contributed by atoms with Crippen LogP contribution >= 0.6 is 0 Å². The van der Waals surface area contributed by atoms with Gasteiger partial charge in [-0.3, -0.25) is 9.80 Å². The minimum atomic E-state index is 0.636. The third kappa shape index (κ3) is 4.44. The molecule has 2 N–H and O–H groups in total. The van der Waals surface area contributed by atoms with E-state index in [4.69, 9.17) is 5.73 Å². The quantitative estimate of drug-likeness (QED) is 0.719. The molecule has 2 aliphatic rings. The van der Waals surface area contributed by atoms with Gasteiger partial charge in [0.05, 0.1) is 0 Å². The number of nitrogens with zero attached hydrogens (tertiary/aromatic N) is 2. The SMILES string of the molecule is CCCCCCC(CN)N1CCCN2CCCC2C1. The number of fused-ring (bicyclic) bond motifs is 1. The van der Waals surface area contributed by atoms with E-state index in [1.165, 1.54) is 77.5 Å². The molecule has 112 valence electrons. The molecule has 2 saturated heterocycles. The monoisotopic (exact) mass is 267 g/mol. The van der Waals surface area contributed by atoms with Gasteiger partial charge in [-0.2, -0.15) is 0 Å². The Morgan fingerprint density at radius 1 is 1.11 bits per heavy atom. The maximum absolute atomic E-state index is 6.05. The Morgan fingerprint density at radius 2 is 1.95 bits per heavy atom. The van der Waals surface area contributed by atoms with Crippen molar-refractivity contribution in [2.24, 2.45) is 5.73 Å². The lowest BCUT2D eigenvalue weighted by Crippen LogP contribution is -2.45. The molecule has 2 rings (SSSR count). The van der Waals surface area contributed by atoms with Crippen molar-refractivity contribution < 1.29 is 0 Å². The molecule has 2 heterocycles. The van der Waals surface area contributed by atoms with Crippen molar-refractivity contribution in [1.29, 1.82) is 0 Å². The molecule has 2 atom stereocenters. The summed E-state index contributed by atoms with van der Waals surface area (Å²) in [6, 6.07) is 1.46.